The van der Waals surface area contributed by atoms with Crippen LogP contribution in [0.4, 0.5) is 0 Å². The zero-order chi connectivity index (χ0) is 14.4. The van der Waals surface area contributed by atoms with Crippen LogP contribution in [0.5, 0.6) is 0 Å². The molecule has 2 rings (SSSR count). The molecule has 1 unspecified atom stereocenters. The van der Waals surface area contributed by atoms with Crippen LogP contribution in [0.3, 0.4) is 0 Å². The summed E-state index contributed by atoms with van der Waals surface area (Å²) in [5.41, 5.74) is 0.866. The van der Waals surface area contributed by atoms with E-state index < -0.39 is 0 Å². The van der Waals surface area contributed by atoms with Crippen LogP contribution in [0.1, 0.15) is 58.2 Å². The third-order valence-corrected chi connectivity index (χ3v) is 4.37. The molecule has 1 aliphatic rings. The van der Waals surface area contributed by atoms with Crippen LogP contribution in [-0.2, 0) is 4.74 Å². The van der Waals surface area contributed by atoms with Crippen molar-refractivity contribution < 1.29 is 4.74 Å². The highest BCUT2D eigenvalue weighted by atomic mass is 16.5. The molecule has 1 fully saturated rings. The minimum absolute atomic E-state index is 0.132. The van der Waals surface area contributed by atoms with Gasteiger partial charge in [0.05, 0.1) is 23.5 Å². The molecule has 112 valence electrons. The van der Waals surface area contributed by atoms with Crippen molar-refractivity contribution >= 4 is 0 Å². The average molecular weight is 277 g/mol. The molecule has 1 aliphatic carbocycles. The zero-order valence-electron chi connectivity index (χ0n) is 12.9. The molecule has 0 amide bonds. The van der Waals surface area contributed by atoms with Gasteiger partial charge in [0, 0.05) is 19.0 Å². The quantitative estimate of drug-likeness (QED) is 0.868. The van der Waals surface area contributed by atoms with E-state index in [-0.39, 0.29) is 11.6 Å². The van der Waals surface area contributed by atoms with E-state index in [9.17, 15) is 0 Å². The number of nitrogens with zero attached hydrogens (tertiary/aromatic N) is 2. The summed E-state index contributed by atoms with van der Waals surface area (Å²) >= 11 is 0. The van der Waals surface area contributed by atoms with Gasteiger partial charge in [-0.15, -0.1) is 0 Å². The van der Waals surface area contributed by atoms with Crippen molar-refractivity contribution in [2.75, 3.05) is 13.2 Å². The first-order valence-electron chi connectivity index (χ1n) is 7.85. The second-order valence-electron chi connectivity index (χ2n) is 5.80. The van der Waals surface area contributed by atoms with Gasteiger partial charge in [0.2, 0.25) is 0 Å². The number of hydrogen-bond acceptors (Lipinski definition) is 4. The molecule has 4 nitrogen and oxygen atoms in total. The van der Waals surface area contributed by atoms with Gasteiger partial charge in [0.1, 0.15) is 0 Å². The maximum atomic E-state index is 6.26. The van der Waals surface area contributed by atoms with E-state index in [1.165, 1.54) is 12.8 Å². The molecule has 0 saturated heterocycles. The normalized spacial score (nSPS) is 28.2. The molecule has 1 N–H and O–H groups in total. The fraction of sp³-hybridized carbons (Fsp3) is 0.750. The van der Waals surface area contributed by atoms with E-state index in [1.54, 1.807) is 12.4 Å². The molecule has 0 bridgehead atoms. The summed E-state index contributed by atoms with van der Waals surface area (Å²) in [6, 6.07) is 0.133. The highest BCUT2D eigenvalue weighted by molar-refractivity contribution is 5.11. The number of aromatic nitrogens is 2. The number of hydrogen-bond donors (Lipinski definition) is 1. The number of ether oxygens (including phenoxy) is 1. The lowest BCUT2D eigenvalue weighted by Gasteiger charge is -2.44. The Morgan fingerprint density at radius 1 is 1.35 bits per heavy atom. The number of nitrogens with one attached hydrogen (secondary N) is 1. The van der Waals surface area contributed by atoms with Crippen molar-refractivity contribution in [1.82, 2.24) is 15.3 Å². The molecule has 0 radical (unpaired) electrons. The molecule has 1 atom stereocenters. The van der Waals surface area contributed by atoms with Crippen molar-refractivity contribution in [2.24, 2.45) is 5.92 Å². The topological polar surface area (TPSA) is 47.0 Å². The van der Waals surface area contributed by atoms with Gasteiger partial charge in [-0.3, -0.25) is 9.97 Å². The molecule has 4 heteroatoms. The monoisotopic (exact) mass is 277 g/mol. The van der Waals surface area contributed by atoms with Crippen LogP contribution >= 0.6 is 0 Å². The first-order chi connectivity index (χ1) is 9.72. The number of likely N-dealkylation sites (N-methyl/N-ethyl adjacent to an activating group) is 1. The molecule has 1 aromatic heterocycles. The van der Waals surface area contributed by atoms with Gasteiger partial charge in [-0.05, 0) is 45.1 Å². The van der Waals surface area contributed by atoms with E-state index in [2.05, 4.69) is 36.1 Å². The van der Waals surface area contributed by atoms with Crippen LogP contribution < -0.4 is 5.32 Å². The second-order valence-corrected chi connectivity index (χ2v) is 5.80. The van der Waals surface area contributed by atoms with E-state index in [0.717, 1.165) is 37.6 Å². The maximum Gasteiger partial charge on any atom is 0.0892 e. The fourth-order valence-corrected chi connectivity index (χ4v) is 3.28. The fourth-order valence-electron chi connectivity index (χ4n) is 3.28. The lowest BCUT2D eigenvalue weighted by atomic mass is 9.74. The lowest BCUT2D eigenvalue weighted by Crippen LogP contribution is -2.49. The molecule has 0 spiro atoms. The Kier molecular flexibility index (Phi) is 5.49. The first kappa shape index (κ1) is 15.4. The Morgan fingerprint density at radius 3 is 2.65 bits per heavy atom. The van der Waals surface area contributed by atoms with E-state index in [1.807, 2.05) is 6.20 Å². The van der Waals surface area contributed by atoms with Gasteiger partial charge < -0.3 is 10.1 Å². The average Bonchev–Trinajstić information content (AvgIpc) is 2.49. The van der Waals surface area contributed by atoms with Crippen LogP contribution in [0.25, 0.3) is 0 Å². The highest BCUT2D eigenvalue weighted by Crippen LogP contribution is 2.42. The van der Waals surface area contributed by atoms with Gasteiger partial charge >= 0.3 is 0 Å². The Bertz CT molecular complexity index is 388. The SMILES string of the molecule is CCNC(c1cnccn1)C1(OCC)CCC(C)CC1. The molecule has 1 saturated carbocycles. The van der Waals surface area contributed by atoms with Gasteiger partial charge in [-0.2, -0.15) is 0 Å². The summed E-state index contributed by atoms with van der Waals surface area (Å²) in [5, 5.41) is 3.58. The first-order valence-corrected chi connectivity index (χ1v) is 7.85. The van der Waals surface area contributed by atoms with E-state index in [0.29, 0.717) is 0 Å². The summed E-state index contributed by atoms with van der Waals surface area (Å²) < 4.78 is 6.26. The van der Waals surface area contributed by atoms with Crippen molar-refractivity contribution in [1.29, 1.82) is 0 Å². The predicted molar refractivity (Wildman–Crippen MR) is 80.4 cm³/mol. The molecule has 1 aromatic rings. The largest absolute Gasteiger partial charge is 0.373 e. The van der Waals surface area contributed by atoms with Crippen molar-refractivity contribution in [2.45, 2.75) is 58.1 Å². The summed E-state index contributed by atoms with van der Waals surface area (Å²) in [4.78, 5) is 8.74. The minimum atomic E-state index is -0.132. The smallest absolute Gasteiger partial charge is 0.0892 e. The summed E-state index contributed by atoms with van der Waals surface area (Å²) in [7, 11) is 0. The summed E-state index contributed by atoms with van der Waals surface area (Å²) in [6.45, 7) is 8.20. The Balaban J connectivity index is 2.27. The zero-order valence-corrected chi connectivity index (χ0v) is 12.9. The van der Waals surface area contributed by atoms with Crippen molar-refractivity contribution in [3.8, 4) is 0 Å². The second kappa shape index (κ2) is 7.14. The number of rotatable bonds is 6. The minimum Gasteiger partial charge on any atom is -0.373 e. The van der Waals surface area contributed by atoms with Crippen LogP contribution in [0, 0.1) is 5.92 Å². The molecule has 0 aromatic carbocycles. The van der Waals surface area contributed by atoms with Crippen LogP contribution in [0.2, 0.25) is 0 Å². The summed E-state index contributed by atoms with van der Waals surface area (Å²) in [6.07, 6.45) is 10.00. The van der Waals surface area contributed by atoms with Gasteiger partial charge in [0.15, 0.2) is 0 Å². The maximum absolute atomic E-state index is 6.26. The summed E-state index contributed by atoms with van der Waals surface area (Å²) in [5.74, 6) is 0.799. The standard InChI is InChI=1S/C16H27N3O/c1-4-18-15(14-12-17-10-11-19-14)16(20-5-2)8-6-13(3)7-9-16/h10-13,15,18H,4-9H2,1-3H3. The molecule has 1 heterocycles. The van der Waals surface area contributed by atoms with Crippen molar-refractivity contribution in [3.63, 3.8) is 0 Å². The van der Waals surface area contributed by atoms with Gasteiger partial charge in [-0.1, -0.05) is 13.8 Å². The third kappa shape index (κ3) is 3.36. The Hall–Kier alpha value is -1.00. The molecular formula is C16H27N3O. The van der Waals surface area contributed by atoms with Crippen LogP contribution in [0.15, 0.2) is 18.6 Å². The molecular weight excluding hydrogens is 250 g/mol. The highest BCUT2D eigenvalue weighted by Gasteiger charge is 2.43. The van der Waals surface area contributed by atoms with Crippen molar-refractivity contribution in [3.05, 3.63) is 24.3 Å². The van der Waals surface area contributed by atoms with E-state index in [4.69, 9.17) is 4.74 Å². The lowest BCUT2D eigenvalue weighted by molar-refractivity contribution is -0.0982. The van der Waals surface area contributed by atoms with Crippen LogP contribution in [-0.4, -0.2) is 28.7 Å². The molecule has 20 heavy (non-hydrogen) atoms. The van der Waals surface area contributed by atoms with Gasteiger partial charge in [0.25, 0.3) is 0 Å². The Morgan fingerprint density at radius 2 is 2.10 bits per heavy atom. The third-order valence-electron chi connectivity index (χ3n) is 4.37. The predicted octanol–water partition coefficient (Wildman–Crippen LogP) is 3.11. The van der Waals surface area contributed by atoms with Gasteiger partial charge in [-0.25, -0.2) is 0 Å². The van der Waals surface area contributed by atoms with E-state index >= 15 is 0 Å². The Labute approximate surface area is 122 Å². The molecule has 0 aliphatic heterocycles.